The summed E-state index contributed by atoms with van der Waals surface area (Å²) in [5, 5.41) is 14.0. The van der Waals surface area contributed by atoms with Gasteiger partial charge >= 0.3 is 11.7 Å². The first-order valence-electron chi connectivity index (χ1n) is 9.62. The fourth-order valence-electron chi connectivity index (χ4n) is 3.10. The van der Waals surface area contributed by atoms with Crippen LogP contribution in [0.15, 0.2) is 33.9 Å². The number of esters is 1. The summed E-state index contributed by atoms with van der Waals surface area (Å²) in [6.07, 6.45) is -0.784. The van der Waals surface area contributed by atoms with Gasteiger partial charge in [-0.3, -0.25) is 29.5 Å². The Morgan fingerprint density at radius 1 is 1.19 bits per heavy atom. The van der Waals surface area contributed by atoms with Crippen LogP contribution in [0.2, 0.25) is 0 Å². The summed E-state index contributed by atoms with van der Waals surface area (Å²) in [7, 11) is 0. The minimum Gasteiger partial charge on any atom is -0.463 e. The van der Waals surface area contributed by atoms with Gasteiger partial charge in [0.25, 0.3) is 11.2 Å². The second-order valence-electron chi connectivity index (χ2n) is 7.19. The van der Waals surface area contributed by atoms with Crippen LogP contribution in [0.1, 0.15) is 49.6 Å². The minimum absolute atomic E-state index is 0.0316. The molecule has 0 aliphatic carbocycles. The van der Waals surface area contributed by atoms with Crippen LogP contribution in [-0.4, -0.2) is 32.9 Å². The third kappa shape index (κ3) is 6.63. The smallest absolute Gasteiger partial charge is 0.325 e. The number of carbonyl (C=O) groups is 2. The SMILES string of the molecule is Cc1[nH]c(=O)[nH]c(=O)c1CCC(=O)NC(CC(=O)OC(C)C)c1ccccc1[N+](=O)[O-]. The molecule has 166 valence electrons. The molecule has 0 saturated heterocycles. The van der Waals surface area contributed by atoms with E-state index in [0.29, 0.717) is 5.69 Å². The highest BCUT2D eigenvalue weighted by molar-refractivity contribution is 5.78. The van der Waals surface area contributed by atoms with Gasteiger partial charge in [0.05, 0.1) is 29.1 Å². The molecule has 3 N–H and O–H groups in total. The number of carbonyl (C=O) groups excluding carboxylic acids is 2. The Bertz CT molecular complexity index is 1090. The number of aryl methyl sites for hydroxylation is 1. The number of rotatable bonds is 9. The third-order valence-electron chi connectivity index (χ3n) is 4.44. The lowest BCUT2D eigenvalue weighted by Crippen LogP contribution is -2.33. The fourth-order valence-corrected chi connectivity index (χ4v) is 3.10. The molecule has 1 aromatic heterocycles. The van der Waals surface area contributed by atoms with E-state index in [9.17, 15) is 29.3 Å². The highest BCUT2D eigenvalue weighted by Crippen LogP contribution is 2.27. The summed E-state index contributed by atoms with van der Waals surface area (Å²) in [4.78, 5) is 63.3. The number of para-hydroxylation sites is 1. The molecule has 11 nitrogen and oxygen atoms in total. The first-order valence-corrected chi connectivity index (χ1v) is 9.62. The number of hydrogen-bond acceptors (Lipinski definition) is 7. The molecule has 0 fully saturated rings. The highest BCUT2D eigenvalue weighted by Gasteiger charge is 2.26. The average Bonchev–Trinajstić information content (AvgIpc) is 2.65. The van der Waals surface area contributed by atoms with Crippen molar-refractivity contribution in [2.45, 2.75) is 52.2 Å². The van der Waals surface area contributed by atoms with Crippen molar-refractivity contribution in [2.75, 3.05) is 0 Å². The van der Waals surface area contributed by atoms with Gasteiger partial charge in [-0.05, 0) is 27.2 Å². The third-order valence-corrected chi connectivity index (χ3v) is 4.44. The standard InChI is InChI=1S/C20H24N4O7/c1-11(2)31-18(26)10-15(14-6-4-5-7-16(14)24(29)30)22-17(25)9-8-13-12(3)21-20(28)23-19(13)27/h4-7,11,15H,8-10H2,1-3H3,(H,22,25)(H2,21,23,27,28). The second-order valence-corrected chi connectivity index (χ2v) is 7.19. The zero-order valence-electron chi connectivity index (χ0n) is 17.4. The van der Waals surface area contributed by atoms with Crippen LogP contribution in [0.25, 0.3) is 0 Å². The van der Waals surface area contributed by atoms with Gasteiger partial charge in [0, 0.05) is 23.7 Å². The topological polar surface area (TPSA) is 164 Å². The summed E-state index contributed by atoms with van der Waals surface area (Å²) in [6, 6.07) is 4.81. The number of hydrogen-bond donors (Lipinski definition) is 3. The van der Waals surface area contributed by atoms with Crippen LogP contribution in [0.3, 0.4) is 0 Å². The van der Waals surface area contributed by atoms with Crippen molar-refractivity contribution in [3.05, 3.63) is 72.0 Å². The van der Waals surface area contributed by atoms with Gasteiger partial charge in [-0.25, -0.2) is 4.79 Å². The van der Waals surface area contributed by atoms with Gasteiger partial charge in [-0.1, -0.05) is 18.2 Å². The van der Waals surface area contributed by atoms with Crippen LogP contribution in [-0.2, 0) is 20.7 Å². The number of aromatic nitrogens is 2. The lowest BCUT2D eigenvalue weighted by molar-refractivity contribution is -0.385. The Balaban J connectivity index is 2.22. The maximum atomic E-state index is 12.6. The lowest BCUT2D eigenvalue weighted by atomic mass is 10.0. The van der Waals surface area contributed by atoms with Crippen molar-refractivity contribution >= 4 is 17.6 Å². The molecule has 2 rings (SSSR count). The van der Waals surface area contributed by atoms with E-state index in [0.717, 1.165) is 0 Å². The summed E-state index contributed by atoms with van der Waals surface area (Å²) in [5.41, 5.74) is -0.716. The van der Waals surface area contributed by atoms with Crippen LogP contribution >= 0.6 is 0 Å². The predicted molar refractivity (Wildman–Crippen MR) is 111 cm³/mol. The molecule has 0 bridgehead atoms. The zero-order valence-corrected chi connectivity index (χ0v) is 17.4. The number of nitro groups is 1. The Morgan fingerprint density at radius 3 is 2.48 bits per heavy atom. The van der Waals surface area contributed by atoms with Gasteiger partial charge in [0.1, 0.15) is 0 Å². The lowest BCUT2D eigenvalue weighted by Gasteiger charge is -2.19. The Kier molecular flexibility index (Phi) is 7.83. The molecule has 0 radical (unpaired) electrons. The number of nitro benzene ring substituents is 1. The molecular formula is C20H24N4O7. The molecule has 1 amide bonds. The largest absolute Gasteiger partial charge is 0.463 e. The van der Waals surface area contributed by atoms with E-state index in [-0.39, 0.29) is 42.2 Å². The number of benzene rings is 1. The average molecular weight is 432 g/mol. The number of amides is 1. The number of ether oxygens (including phenoxy) is 1. The summed E-state index contributed by atoms with van der Waals surface area (Å²) >= 11 is 0. The van der Waals surface area contributed by atoms with Crippen LogP contribution in [0, 0.1) is 17.0 Å². The monoisotopic (exact) mass is 432 g/mol. The summed E-state index contributed by atoms with van der Waals surface area (Å²) in [5.74, 6) is -1.14. The maximum Gasteiger partial charge on any atom is 0.325 e. The fraction of sp³-hybridized carbons (Fsp3) is 0.400. The Morgan fingerprint density at radius 2 is 1.87 bits per heavy atom. The molecule has 1 unspecified atom stereocenters. The molecule has 0 aliphatic heterocycles. The molecule has 2 aromatic rings. The van der Waals surface area contributed by atoms with Crippen molar-refractivity contribution in [1.82, 2.24) is 15.3 Å². The number of aromatic amines is 2. The van der Waals surface area contributed by atoms with Crippen molar-refractivity contribution in [2.24, 2.45) is 0 Å². The van der Waals surface area contributed by atoms with Crippen LogP contribution in [0.5, 0.6) is 0 Å². The van der Waals surface area contributed by atoms with E-state index in [1.54, 1.807) is 26.8 Å². The first kappa shape index (κ1) is 23.5. The molecular weight excluding hydrogens is 408 g/mol. The van der Waals surface area contributed by atoms with E-state index in [1.807, 2.05) is 0 Å². The highest BCUT2D eigenvalue weighted by atomic mass is 16.6. The van der Waals surface area contributed by atoms with Crippen molar-refractivity contribution < 1.29 is 19.2 Å². The zero-order chi connectivity index (χ0) is 23.1. The predicted octanol–water partition coefficient (Wildman–Crippen LogP) is 1.41. The summed E-state index contributed by atoms with van der Waals surface area (Å²) in [6.45, 7) is 4.88. The molecule has 1 heterocycles. The van der Waals surface area contributed by atoms with Gasteiger partial charge in [-0.15, -0.1) is 0 Å². The Labute approximate surface area is 177 Å². The Hall–Kier alpha value is -3.76. The van der Waals surface area contributed by atoms with E-state index in [2.05, 4.69) is 15.3 Å². The van der Waals surface area contributed by atoms with Gasteiger partial charge in [-0.2, -0.15) is 0 Å². The van der Waals surface area contributed by atoms with Gasteiger partial charge in [0.2, 0.25) is 5.91 Å². The van der Waals surface area contributed by atoms with E-state index in [4.69, 9.17) is 4.74 Å². The van der Waals surface area contributed by atoms with E-state index >= 15 is 0 Å². The van der Waals surface area contributed by atoms with Crippen molar-refractivity contribution in [1.29, 1.82) is 0 Å². The number of H-pyrrole nitrogens is 2. The van der Waals surface area contributed by atoms with Gasteiger partial charge in [0.15, 0.2) is 0 Å². The maximum absolute atomic E-state index is 12.6. The van der Waals surface area contributed by atoms with Crippen molar-refractivity contribution in [3.63, 3.8) is 0 Å². The van der Waals surface area contributed by atoms with Gasteiger partial charge < -0.3 is 15.0 Å². The molecule has 0 aliphatic rings. The molecule has 1 aromatic carbocycles. The molecule has 0 spiro atoms. The minimum atomic E-state index is -0.990. The molecule has 1 atom stereocenters. The number of nitrogens with zero attached hydrogens (tertiary/aromatic N) is 1. The summed E-state index contributed by atoms with van der Waals surface area (Å²) < 4.78 is 5.12. The molecule has 11 heteroatoms. The van der Waals surface area contributed by atoms with Crippen LogP contribution < -0.4 is 16.6 Å². The quantitative estimate of drug-likeness (QED) is 0.306. The second kappa shape index (κ2) is 10.3. The molecule has 31 heavy (non-hydrogen) atoms. The first-order chi connectivity index (χ1) is 14.6. The van der Waals surface area contributed by atoms with E-state index < -0.39 is 34.1 Å². The van der Waals surface area contributed by atoms with E-state index in [1.165, 1.54) is 18.2 Å². The molecule has 0 saturated carbocycles. The normalized spacial score (nSPS) is 11.7. The van der Waals surface area contributed by atoms with Crippen molar-refractivity contribution in [3.8, 4) is 0 Å². The number of nitrogens with one attached hydrogen (secondary N) is 3. The van der Waals surface area contributed by atoms with Crippen LogP contribution in [0.4, 0.5) is 5.69 Å².